The Bertz CT molecular complexity index is 97.1. The fourth-order valence-electron chi connectivity index (χ4n) is 1.03. The van der Waals surface area contributed by atoms with Crippen LogP contribution in [0.2, 0.25) is 0 Å². The van der Waals surface area contributed by atoms with E-state index in [4.69, 9.17) is 11.6 Å². The topological polar surface area (TPSA) is 0 Å². The van der Waals surface area contributed by atoms with E-state index < -0.39 is 0 Å². The Balaban J connectivity index is 2.35. The van der Waals surface area contributed by atoms with Crippen LogP contribution in [0.15, 0.2) is 0 Å². The highest BCUT2D eigenvalue weighted by molar-refractivity contribution is 9.10. The molecule has 0 radical (unpaired) electrons. The van der Waals surface area contributed by atoms with Crippen LogP contribution in [0.3, 0.4) is 0 Å². The zero-order valence-corrected chi connectivity index (χ0v) is 8.92. The van der Waals surface area contributed by atoms with Crippen molar-refractivity contribution >= 4 is 43.5 Å². The highest BCUT2D eigenvalue weighted by atomic mass is 79.9. The average Bonchev–Trinajstić information content (AvgIpc) is 1.80. The second-order valence-electron chi connectivity index (χ2n) is 2.44. The van der Waals surface area contributed by atoms with E-state index >= 15 is 0 Å². The summed E-state index contributed by atoms with van der Waals surface area (Å²) in [6.45, 7) is 0. The number of hydrogen-bond donors (Lipinski definition) is 0. The van der Waals surface area contributed by atoms with Gasteiger partial charge in [0, 0.05) is 15.0 Å². The van der Waals surface area contributed by atoms with Crippen molar-refractivity contribution in [3.05, 3.63) is 0 Å². The van der Waals surface area contributed by atoms with E-state index in [-0.39, 0.29) is 0 Å². The summed E-state index contributed by atoms with van der Waals surface area (Å²) in [5, 5.41) is 0.322. The van der Waals surface area contributed by atoms with E-state index in [0.717, 1.165) is 6.42 Å². The summed E-state index contributed by atoms with van der Waals surface area (Å²) in [5.74, 6) is 0. The van der Waals surface area contributed by atoms with Gasteiger partial charge in [-0.15, -0.1) is 11.6 Å². The molecular formula is C6H9Br2Cl. The van der Waals surface area contributed by atoms with Gasteiger partial charge in [-0.1, -0.05) is 31.9 Å². The third-order valence-electron chi connectivity index (χ3n) is 1.63. The molecular weight excluding hydrogens is 267 g/mol. The number of rotatable bonds is 0. The van der Waals surface area contributed by atoms with Gasteiger partial charge in [-0.05, 0) is 19.3 Å². The molecule has 0 N–H and O–H groups in total. The van der Waals surface area contributed by atoms with Gasteiger partial charge in [0.25, 0.3) is 0 Å². The van der Waals surface area contributed by atoms with Gasteiger partial charge in [0.05, 0.1) is 0 Å². The van der Waals surface area contributed by atoms with Gasteiger partial charge in [-0.25, -0.2) is 0 Å². The Hall–Kier alpha value is 1.25. The maximum Gasteiger partial charge on any atom is 0.0471 e. The van der Waals surface area contributed by atoms with Gasteiger partial charge in [0.2, 0.25) is 0 Å². The number of hydrogen-bond acceptors (Lipinski definition) is 0. The van der Waals surface area contributed by atoms with Crippen molar-refractivity contribution in [3.63, 3.8) is 0 Å². The Morgan fingerprint density at radius 3 is 2.33 bits per heavy atom. The summed E-state index contributed by atoms with van der Waals surface area (Å²) < 4.78 is 0. The van der Waals surface area contributed by atoms with Gasteiger partial charge in [0.15, 0.2) is 0 Å². The van der Waals surface area contributed by atoms with Gasteiger partial charge < -0.3 is 0 Å². The maximum atomic E-state index is 5.99. The number of alkyl halides is 3. The van der Waals surface area contributed by atoms with Crippen LogP contribution in [-0.4, -0.2) is 15.0 Å². The molecule has 3 unspecified atom stereocenters. The van der Waals surface area contributed by atoms with Crippen molar-refractivity contribution < 1.29 is 0 Å². The van der Waals surface area contributed by atoms with Crippen molar-refractivity contribution in [2.75, 3.05) is 0 Å². The van der Waals surface area contributed by atoms with Crippen molar-refractivity contribution in [2.24, 2.45) is 0 Å². The highest BCUT2D eigenvalue weighted by Gasteiger charge is 2.25. The lowest BCUT2D eigenvalue weighted by Gasteiger charge is -2.25. The zero-order chi connectivity index (χ0) is 6.85. The predicted molar refractivity (Wildman–Crippen MR) is 48.9 cm³/mol. The Kier molecular flexibility index (Phi) is 3.33. The Labute approximate surface area is 77.6 Å². The minimum atomic E-state index is 0.322. The third kappa shape index (κ3) is 2.39. The fourth-order valence-corrected chi connectivity index (χ4v) is 2.73. The molecule has 0 heterocycles. The Morgan fingerprint density at radius 2 is 1.89 bits per heavy atom. The van der Waals surface area contributed by atoms with Crippen LogP contribution in [0.4, 0.5) is 0 Å². The summed E-state index contributed by atoms with van der Waals surface area (Å²) in [5.41, 5.74) is 0. The first kappa shape index (κ1) is 8.35. The second kappa shape index (κ2) is 3.59. The summed E-state index contributed by atoms with van der Waals surface area (Å²) in [7, 11) is 0. The van der Waals surface area contributed by atoms with Crippen LogP contribution in [-0.2, 0) is 0 Å². The maximum absolute atomic E-state index is 5.99. The van der Waals surface area contributed by atoms with Crippen molar-refractivity contribution in [3.8, 4) is 0 Å². The molecule has 0 spiro atoms. The molecule has 1 saturated carbocycles. The molecule has 1 aliphatic rings. The van der Waals surface area contributed by atoms with Crippen LogP contribution in [0.1, 0.15) is 19.3 Å². The molecule has 1 rings (SSSR count). The molecule has 0 aromatic carbocycles. The minimum Gasteiger partial charge on any atom is -0.122 e. The molecule has 0 aliphatic heterocycles. The van der Waals surface area contributed by atoms with Crippen molar-refractivity contribution in [1.82, 2.24) is 0 Å². The van der Waals surface area contributed by atoms with Gasteiger partial charge in [-0.3, -0.25) is 0 Å². The molecule has 0 aromatic heterocycles. The van der Waals surface area contributed by atoms with E-state index in [2.05, 4.69) is 31.9 Å². The first-order chi connectivity index (χ1) is 4.20. The molecule has 0 bridgehead atoms. The molecule has 0 saturated heterocycles. The first-order valence-electron chi connectivity index (χ1n) is 3.12. The van der Waals surface area contributed by atoms with Crippen LogP contribution in [0.5, 0.6) is 0 Å². The lowest BCUT2D eigenvalue weighted by molar-refractivity contribution is 0.546. The quantitative estimate of drug-likeness (QED) is 0.596. The molecule has 1 fully saturated rings. The standard InChI is InChI=1S/C6H9Br2Cl/c7-4-1-2-5(8)6(9)3-4/h4-6H,1-3H2. The zero-order valence-electron chi connectivity index (χ0n) is 4.99. The average molecular weight is 276 g/mol. The fraction of sp³-hybridized carbons (Fsp3) is 1.00. The van der Waals surface area contributed by atoms with Gasteiger partial charge in [0.1, 0.15) is 0 Å². The monoisotopic (exact) mass is 274 g/mol. The predicted octanol–water partition coefficient (Wildman–Crippen LogP) is 3.30. The van der Waals surface area contributed by atoms with Gasteiger partial charge in [-0.2, -0.15) is 0 Å². The molecule has 9 heavy (non-hydrogen) atoms. The van der Waals surface area contributed by atoms with Crippen molar-refractivity contribution in [1.29, 1.82) is 0 Å². The van der Waals surface area contributed by atoms with Crippen LogP contribution in [0, 0.1) is 0 Å². The summed E-state index contributed by atoms with van der Waals surface area (Å²) >= 11 is 13.1. The number of halogens is 3. The lowest BCUT2D eigenvalue weighted by atomic mass is 10.0. The second-order valence-corrected chi connectivity index (χ2v) is 5.47. The SMILES string of the molecule is ClC1CC(Br)CCC1Br. The summed E-state index contributed by atoms with van der Waals surface area (Å²) in [6, 6.07) is 0. The van der Waals surface area contributed by atoms with Crippen LogP contribution < -0.4 is 0 Å². The largest absolute Gasteiger partial charge is 0.122 e. The first-order valence-corrected chi connectivity index (χ1v) is 5.39. The molecule has 3 atom stereocenters. The Morgan fingerprint density at radius 1 is 1.22 bits per heavy atom. The van der Waals surface area contributed by atoms with E-state index in [9.17, 15) is 0 Å². The van der Waals surface area contributed by atoms with Crippen LogP contribution >= 0.6 is 43.5 Å². The summed E-state index contributed by atoms with van der Waals surface area (Å²) in [4.78, 5) is 1.18. The highest BCUT2D eigenvalue weighted by Crippen LogP contribution is 2.32. The molecule has 0 amide bonds. The lowest BCUT2D eigenvalue weighted by Crippen LogP contribution is -2.25. The molecule has 54 valence electrons. The normalized spacial score (nSPS) is 45.0. The van der Waals surface area contributed by atoms with E-state index in [1.165, 1.54) is 12.8 Å². The van der Waals surface area contributed by atoms with Gasteiger partial charge >= 0.3 is 0 Å². The molecule has 3 heteroatoms. The van der Waals surface area contributed by atoms with Crippen LogP contribution in [0.25, 0.3) is 0 Å². The molecule has 0 nitrogen and oxygen atoms in total. The summed E-state index contributed by atoms with van der Waals surface area (Å²) in [6.07, 6.45) is 3.54. The third-order valence-corrected chi connectivity index (χ3v) is 4.34. The van der Waals surface area contributed by atoms with Crippen molar-refractivity contribution in [2.45, 2.75) is 34.3 Å². The van der Waals surface area contributed by atoms with E-state index in [1.54, 1.807) is 0 Å². The van der Waals surface area contributed by atoms with E-state index in [1.807, 2.05) is 0 Å². The molecule has 1 aliphatic carbocycles. The minimum absolute atomic E-state index is 0.322. The molecule has 0 aromatic rings. The van der Waals surface area contributed by atoms with E-state index in [0.29, 0.717) is 15.0 Å². The smallest absolute Gasteiger partial charge is 0.0471 e.